The molecule has 3 amide bonds. The van der Waals surface area contributed by atoms with E-state index < -0.39 is 0 Å². The van der Waals surface area contributed by atoms with E-state index in [1.165, 1.54) is 0 Å². The molecule has 2 N–H and O–H groups in total. The molecule has 0 aliphatic carbocycles. The Hall–Kier alpha value is -3.34. The molecular formula is C22H21N3O2. The highest BCUT2D eigenvalue weighted by Crippen LogP contribution is 2.24. The van der Waals surface area contributed by atoms with Crippen LogP contribution in [0.4, 0.5) is 16.2 Å². The topological polar surface area (TPSA) is 61.4 Å². The van der Waals surface area contributed by atoms with Gasteiger partial charge >= 0.3 is 6.03 Å². The molecule has 0 spiro atoms. The normalized spacial score (nSPS) is 13.8. The predicted octanol–water partition coefficient (Wildman–Crippen LogP) is 4.29. The fourth-order valence-electron chi connectivity index (χ4n) is 3.47. The predicted molar refractivity (Wildman–Crippen MR) is 108 cm³/mol. The molecule has 5 heteroatoms. The van der Waals surface area contributed by atoms with Crippen molar-refractivity contribution in [1.29, 1.82) is 0 Å². The molecule has 1 aliphatic heterocycles. The van der Waals surface area contributed by atoms with Gasteiger partial charge in [0.15, 0.2) is 0 Å². The van der Waals surface area contributed by atoms with Gasteiger partial charge in [-0.15, -0.1) is 0 Å². The molecule has 1 fully saturated rings. The van der Waals surface area contributed by atoms with Crippen molar-refractivity contribution < 1.29 is 9.59 Å². The van der Waals surface area contributed by atoms with Crippen LogP contribution >= 0.6 is 0 Å². The zero-order valence-corrected chi connectivity index (χ0v) is 14.9. The third kappa shape index (κ3) is 3.77. The van der Waals surface area contributed by atoms with Crippen LogP contribution < -0.4 is 15.5 Å². The van der Waals surface area contributed by atoms with Crippen molar-refractivity contribution in [2.24, 2.45) is 0 Å². The molecule has 0 bridgehead atoms. The molecular weight excluding hydrogens is 338 g/mol. The van der Waals surface area contributed by atoms with Crippen LogP contribution in [0.15, 0.2) is 66.7 Å². The first kappa shape index (κ1) is 17.1. The van der Waals surface area contributed by atoms with Crippen LogP contribution in [0.5, 0.6) is 0 Å². The van der Waals surface area contributed by atoms with Crippen molar-refractivity contribution in [3.05, 3.63) is 72.3 Å². The van der Waals surface area contributed by atoms with Gasteiger partial charge in [-0.05, 0) is 41.0 Å². The van der Waals surface area contributed by atoms with Gasteiger partial charge in [0.25, 0.3) is 0 Å². The van der Waals surface area contributed by atoms with Crippen molar-refractivity contribution >= 4 is 34.1 Å². The summed E-state index contributed by atoms with van der Waals surface area (Å²) in [7, 11) is 0. The first-order valence-electron chi connectivity index (χ1n) is 9.13. The average Bonchev–Trinajstić information content (AvgIpc) is 3.12. The highest BCUT2D eigenvalue weighted by atomic mass is 16.2. The van der Waals surface area contributed by atoms with Crippen LogP contribution in [0.1, 0.15) is 18.4 Å². The molecule has 0 saturated carbocycles. The zero-order valence-electron chi connectivity index (χ0n) is 14.9. The number of anilines is 2. The SMILES string of the molecule is O=C(NCc1cccc2ccccc12)Nc1cccc(N2CCCC2=O)c1. The van der Waals surface area contributed by atoms with E-state index in [2.05, 4.69) is 28.8 Å². The van der Waals surface area contributed by atoms with Gasteiger partial charge in [0.1, 0.15) is 0 Å². The molecule has 1 aliphatic rings. The third-order valence-corrected chi connectivity index (χ3v) is 4.81. The maximum Gasteiger partial charge on any atom is 0.319 e. The summed E-state index contributed by atoms with van der Waals surface area (Å²) in [5.41, 5.74) is 2.56. The van der Waals surface area contributed by atoms with Gasteiger partial charge in [0, 0.05) is 30.9 Å². The quantitative estimate of drug-likeness (QED) is 0.730. The molecule has 1 saturated heterocycles. The van der Waals surface area contributed by atoms with Crippen LogP contribution in [-0.4, -0.2) is 18.5 Å². The summed E-state index contributed by atoms with van der Waals surface area (Å²) >= 11 is 0. The monoisotopic (exact) mass is 359 g/mol. The Morgan fingerprint density at radius 2 is 1.81 bits per heavy atom. The van der Waals surface area contributed by atoms with Crippen molar-refractivity contribution in [3.63, 3.8) is 0 Å². The van der Waals surface area contributed by atoms with Gasteiger partial charge in [0.2, 0.25) is 5.91 Å². The first-order chi connectivity index (χ1) is 13.2. The number of nitrogens with one attached hydrogen (secondary N) is 2. The Kier molecular flexibility index (Phi) is 4.75. The van der Waals surface area contributed by atoms with E-state index in [1.807, 2.05) is 48.5 Å². The maximum atomic E-state index is 12.3. The van der Waals surface area contributed by atoms with E-state index in [0.717, 1.165) is 35.0 Å². The Labute approximate surface area is 158 Å². The molecule has 5 nitrogen and oxygen atoms in total. The van der Waals surface area contributed by atoms with E-state index in [-0.39, 0.29) is 11.9 Å². The maximum absolute atomic E-state index is 12.3. The lowest BCUT2D eigenvalue weighted by Gasteiger charge is -2.17. The fourth-order valence-corrected chi connectivity index (χ4v) is 3.47. The van der Waals surface area contributed by atoms with Gasteiger partial charge in [-0.25, -0.2) is 4.79 Å². The molecule has 0 atom stereocenters. The van der Waals surface area contributed by atoms with E-state index in [4.69, 9.17) is 0 Å². The van der Waals surface area contributed by atoms with Crippen LogP contribution in [0.3, 0.4) is 0 Å². The Morgan fingerprint density at radius 1 is 1.00 bits per heavy atom. The third-order valence-electron chi connectivity index (χ3n) is 4.81. The van der Waals surface area contributed by atoms with Crippen LogP contribution in [0.25, 0.3) is 10.8 Å². The average molecular weight is 359 g/mol. The summed E-state index contributed by atoms with van der Waals surface area (Å²) < 4.78 is 0. The van der Waals surface area contributed by atoms with E-state index in [0.29, 0.717) is 18.7 Å². The molecule has 1 heterocycles. The number of nitrogens with zero attached hydrogens (tertiary/aromatic N) is 1. The van der Waals surface area contributed by atoms with E-state index in [9.17, 15) is 9.59 Å². The Morgan fingerprint density at radius 3 is 2.67 bits per heavy atom. The van der Waals surface area contributed by atoms with Crippen molar-refractivity contribution in [2.45, 2.75) is 19.4 Å². The van der Waals surface area contributed by atoms with E-state index >= 15 is 0 Å². The minimum Gasteiger partial charge on any atom is -0.334 e. The Balaban J connectivity index is 1.42. The number of hydrogen-bond donors (Lipinski definition) is 2. The lowest BCUT2D eigenvalue weighted by atomic mass is 10.0. The lowest BCUT2D eigenvalue weighted by Crippen LogP contribution is -2.28. The standard InChI is InChI=1S/C22H21N3O2/c26-21-12-5-13-25(21)19-10-4-9-18(14-19)24-22(27)23-15-17-8-3-7-16-6-1-2-11-20(16)17/h1-4,6-11,14H,5,12-13,15H2,(H2,23,24,27). The molecule has 136 valence electrons. The highest BCUT2D eigenvalue weighted by molar-refractivity contribution is 5.97. The number of benzene rings is 3. The molecule has 4 rings (SSSR count). The van der Waals surface area contributed by atoms with Gasteiger partial charge in [-0.2, -0.15) is 0 Å². The number of urea groups is 1. The van der Waals surface area contributed by atoms with Gasteiger partial charge in [-0.3, -0.25) is 4.79 Å². The molecule has 3 aromatic carbocycles. The number of carbonyl (C=O) groups is 2. The number of rotatable bonds is 4. The number of fused-ring (bicyclic) bond motifs is 1. The van der Waals surface area contributed by atoms with E-state index in [1.54, 1.807) is 4.90 Å². The molecule has 0 aromatic heterocycles. The van der Waals surface area contributed by atoms with Gasteiger partial charge in [-0.1, -0.05) is 48.5 Å². The van der Waals surface area contributed by atoms with Crippen molar-refractivity contribution in [2.75, 3.05) is 16.8 Å². The van der Waals surface area contributed by atoms with Crippen molar-refractivity contribution in [1.82, 2.24) is 5.32 Å². The second kappa shape index (κ2) is 7.50. The highest BCUT2D eigenvalue weighted by Gasteiger charge is 2.21. The zero-order chi connectivity index (χ0) is 18.6. The Bertz CT molecular complexity index is 994. The minimum absolute atomic E-state index is 0.132. The fraction of sp³-hybridized carbons (Fsp3) is 0.182. The first-order valence-corrected chi connectivity index (χ1v) is 9.13. The number of carbonyl (C=O) groups excluding carboxylic acids is 2. The molecule has 27 heavy (non-hydrogen) atoms. The molecule has 0 unspecified atom stereocenters. The number of amides is 3. The van der Waals surface area contributed by atoms with Crippen LogP contribution in [0.2, 0.25) is 0 Å². The van der Waals surface area contributed by atoms with Gasteiger partial charge < -0.3 is 15.5 Å². The molecule has 0 radical (unpaired) electrons. The largest absolute Gasteiger partial charge is 0.334 e. The van der Waals surface area contributed by atoms with Gasteiger partial charge in [0.05, 0.1) is 0 Å². The summed E-state index contributed by atoms with van der Waals surface area (Å²) in [6.07, 6.45) is 1.46. The van der Waals surface area contributed by atoms with Crippen LogP contribution in [-0.2, 0) is 11.3 Å². The summed E-state index contributed by atoms with van der Waals surface area (Å²) in [5, 5.41) is 8.04. The smallest absolute Gasteiger partial charge is 0.319 e. The summed E-state index contributed by atoms with van der Waals surface area (Å²) in [5.74, 6) is 0.132. The summed E-state index contributed by atoms with van der Waals surface area (Å²) in [6.45, 7) is 1.17. The lowest BCUT2D eigenvalue weighted by molar-refractivity contribution is -0.117. The van der Waals surface area contributed by atoms with Crippen molar-refractivity contribution in [3.8, 4) is 0 Å². The molecule has 3 aromatic rings. The minimum atomic E-state index is -0.271. The number of hydrogen-bond acceptors (Lipinski definition) is 2. The van der Waals surface area contributed by atoms with Crippen LogP contribution in [0, 0.1) is 0 Å². The summed E-state index contributed by atoms with van der Waals surface area (Å²) in [6, 6.07) is 21.3. The second-order valence-electron chi connectivity index (χ2n) is 6.65. The second-order valence-corrected chi connectivity index (χ2v) is 6.65. The summed E-state index contributed by atoms with van der Waals surface area (Å²) in [4.78, 5) is 26.0.